The van der Waals surface area contributed by atoms with Gasteiger partial charge < -0.3 is 10.2 Å². The third-order valence-corrected chi connectivity index (χ3v) is 5.79. The maximum atomic E-state index is 12.4. The van der Waals surface area contributed by atoms with Gasteiger partial charge in [-0.2, -0.15) is 0 Å². The molecule has 0 aliphatic heterocycles. The van der Waals surface area contributed by atoms with Gasteiger partial charge in [0.15, 0.2) is 0 Å². The van der Waals surface area contributed by atoms with Crippen molar-refractivity contribution in [3.63, 3.8) is 0 Å². The molecule has 2 aromatic heterocycles. The topological polar surface area (TPSA) is 58.1 Å². The minimum absolute atomic E-state index is 0.0800. The highest BCUT2D eigenvalue weighted by atomic mass is 32.1. The van der Waals surface area contributed by atoms with Crippen LogP contribution in [-0.2, 0) is 6.54 Å². The van der Waals surface area contributed by atoms with Crippen LogP contribution in [0.25, 0.3) is 10.2 Å². The maximum absolute atomic E-state index is 12.4. The molecular formula is C20H24N4OS. The van der Waals surface area contributed by atoms with Crippen molar-refractivity contribution >= 4 is 33.3 Å². The molecule has 0 saturated carbocycles. The van der Waals surface area contributed by atoms with E-state index in [1.807, 2.05) is 43.0 Å². The molecule has 1 aromatic carbocycles. The SMILES string of the molecule is CCN(CC)C(=O)c1ccc(CNc2ncnc3sc(C)c(C)c23)cc1. The molecule has 5 nitrogen and oxygen atoms in total. The summed E-state index contributed by atoms with van der Waals surface area (Å²) in [6.45, 7) is 10.3. The van der Waals surface area contributed by atoms with Gasteiger partial charge in [-0.3, -0.25) is 4.79 Å². The Morgan fingerprint density at radius 1 is 1.12 bits per heavy atom. The minimum atomic E-state index is 0.0800. The van der Waals surface area contributed by atoms with Crippen molar-refractivity contribution in [2.45, 2.75) is 34.2 Å². The van der Waals surface area contributed by atoms with Crippen LogP contribution in [0.4, 0.5) is 5.82 Å². The van der Waals surface area contributed by atoms with Gasteiger partial charge in [0.25, 0.3) is 5.91 Å². The molecule has 0 saturated heterocycles. The summed E-state index contributed by atoms with van der Waals surface area (Å²) in [7, 11) is 0. The fourth-order valence-corrected chi connectivity index (χ4v) is 3.96. The Morgan fingerprint density at radius 3 is 2.46 bits per heavy atom. The average Bonchev–Trinajstić information content (AvgIpc) is 2.96. The van der Waals surface area contributed by atoms with E-state index in [0.29, 0.717) is 6.54 Å². The Balaban J connectivity index is 1.74. The number of anilines is 1. The van der Waals surface area contributed by atoms with Gasteiger partial charge in [-0.1, -0.05) is 12.1 Å². The number of nitrogens with zero attached hydrogens (tertiary/aromatic N) is 3. The van der Waals surface area contributed by atoms with Gasteiger partial charge >= 0.3 is 0 Å². The number of hydrogen-bond acceptors (Lipinski definition) is 5. The second kappa shape index (κ2) is 7.83. The highest BCUT2D eigenvalue weighted by Gasteiger charge is 2.13. The van der Waals surface area contributed by atoms with Gasteiger partial charge in [-0.25, -0.2) is 9.97 Å². The summed E-state index contributed by atoms with van der Waals surface area (Å²) in [6.07, 6.45) is 1.60. The van der Waals surface area contributed by atoms with Crippen LogP contribution in [0.1, 0.15) is 40.2 Å². The number of aromatic nitrogens is 2. The van der Waals surface area contributed by atoms with Crippen molar-refractivity contribution in [2.24, 2.45) is 0 Å². The standard InChI is InChI=1S/C20H24N4OS/c1-5-24(6-2)20(25)16-9-7-15(8-10-16)11-21-18-17-13(3)14(4)26-19(17)23-12-22-18/h7-10,12H,5-6,11H2,1-4H3,(H,21,22,23). The second-order valence-electron chi connectivity index (χ2n) is 6.21. The molecule has 3 aromatic rings. The fraction of sp³-hybridized carbons (Fsp3) is 0.350. The Kier molecular flexibility index (Phi) is 5.52. The summed E-state index contributed by atoms with van der Waals surface area (Å²) >= 11 is 1.69. The molecule has 1 N–H and O–H groups in total. The number of benzene rings is 1. The molecule has 0 aliphatic rings. The van der Waals surface area contributed by atoms with E-state index in [1.165, 1.54) is 10.4 Å². The zero-order chi connectivity index (χ0) is 18.7. The zero-order valence-corrected chi connectivity index (χ0v) is 16.5. The van der Waals surface area contributed by atoms with Gasteiger partial charge in [0.1, 0.15) is 17.0 Å². The van der Waals surface area contributed by atoms with Crippen molar-refractivity contribution in [2.75, 3.05) is 18.4 Å². The van der Waals surface area contributed by atoms with Crippen molar-refractivity contribution in [1.29, 1.82) is 0 Å². The molecule has 26 heavy (non-hydrogen) atoms. The Morgan fingerprint density at radius 2 is 1.81 bits per heavy atom. The van der Waals surface area contributed by atoms with Crippen LogP contribution in [0.15, 0.2) is 30.6 Å². The highest BCUT2D eigenvalue weighted by Crippen LogP contribution is 2.32. The molecule has 0 aliphatic carbocycles. The summed E-state index contributed by atoms with van der Waals surface area (Å²) in [5, 5.41) is 4.51. The lowest BCUT2D eigenvalue weighted by Gasteiger charge is -2.18. The number of fused-ring (bicyclic) bond motifs is 1. The van der Waals surface area contributed by atoms with Gasteiger partial charge in [-0.05, 0) is 51.0 Å². The highest BCUT2D eigenvalue weighted by molar-refractivity contribution is 7.18. The molecule has 0 radical (unpaired) electrons. The monoisotopic (exact) mass is 368 g/mol. The molecule has 2 heterocycles. The summed E-state index contributed by atoms with van der Waals surface area (Å²) in [6, 6.07) is 7.78. The first-order valence-electron chi connectivity index (χ1n) is 8.87. The third kappa shape index (κ3) is 3.55. The van der Waals surface area contributed by atoms with E-state index in [9.17, 15) is 4.79 Å². The van der Waals surface area contributed by atoms with E-state index in [0.717, 1.165) is 40.3 Å². The van der Waals surface area contributed by atoms with Crippen LogP contribution in [0.5, 0.6) is 0 Å². The summed E-state index contributed by atoms with van der Waals surface area (Å²) < 4.78 is 0. The smallest absolute Gasteiger partial charge is 0.253 e. The van der Waals surface area contributed by atoms with Crippen LogP contribution in [0.2, 0.25) is 0 Å². The predicted octanol–water partition coefficient (Wildman–Crippen LogP) is 4.40. The quantitative estimate of drug-likeness (QED) is 0.700. The zero-order valence-electron chi connectivity index (χ0n) is 15.7. The number of hydrogen-bond donors (Lipinski definition) is 1. The number of carbonyl (C=O) groups is 1. The van der Waals surface area contributed by atoms with E-state index in [1.54, 1.807) is 17.7 Å². The first-order valence-corrected chi connectivity index (χ1v) is 9.69. The van der Waals surface area contributed by atoms with Crippen LogP contribution in [0, 0.1) is 13.8 Å². The molecule has 0 fully saturated rings. The summed E-state index contributed by atoms with van der Waals surface area (Å²) in [5.41, 5.74) is 3.07. The minimum Gasteiger partial charge on any atom is -0.365 e. The first kappa shape index (κ1) is 18.3. The van der Waals surface area contributed by atoms with E-state index in [-0.39, 0.29) is 5.91 Å². The Bertz CT molecular complexity index is 913. The predicted molar refractivity (Wildman–Crippen MR) is 108 cm³/mol. The molecule has 136 valence electrons. The maximum Gasteiger partial charge on any atom is 0.253 e. The van der Waals surface area contributed by atoms with Crippen LogP contribution in [0.3, 0.4) is 0 Å². The van der Waals surface area contributed by atoms with Crippen LogP contribution < -0.4 is 5.32 Å². The lowest BCUT2D eigenvalue weighted by atomic mass is 10.1. The molecule has 0 spiro atoms. The molecule has 0 atom stereocenters. The number of thiophene rings is 1. The Hall–Kier alpha value is -2.47. The van der Waals surface area contributed by atoms with Crippen molar-refractivity contribution < 1.29 is 4.79 Å². The van der Waals surface area contributed by atoms with Crippen LogP contribution >= 0.6 is 11.3 Å². The van der Waals surface area contributed by atoms with Crippen molar-refractivity contribution in [3.05, 3.63) is 52.2 Å². The third-order valence-electron chi connectivity index (χ3n) is 4.68. The van der Waals surface area contributed by atoms with Crippen molar-refractivity contribution in [1.82, 2.24) is 14.9 Å². The molecule has 6 heteroatoms. The molecule has 1 amide bonds. The first-order chi connectivity index (χ1) is 12.5. The second-order valence-corrected chi connectivity index (χ2v) is 7.42. The number of rotatable bonds is 6. The van der Waals surface area contributed by atoms with Crippen molar-refractivity contribution in [3.8, 4) is 0 Å². The lowest BCUT2D eigenvalue weighted by Crippen LogP contribution is -2.30. The normalized spacial score (nSPS) is 10.9. The number of amides is 1. The fourth-order valence-electron chi connectivity index (χ4n) is 2.96. The number of nitrogens with one attached hydrogen (secondary N) is 1. The van der Waals surface area contributed by atoms with Crippen LogP contribution in [-0.4, -0.2) is 33.9 Å². The largest absolute Gasteiger partial charge is 0.365 e. The average molecular weight is 369 g/mol. The molecule has 0 bridgehead atoms. The molecule has 3 rings (SSSR count). The lowest BCUT2D eigenvalue weighted by molar-refractivity contribution is 0.0773. The van der Waals surface area contributed by atoms with Gasteiger partial charge in [-0.15, -0.1) is 11.3 Å². The van der Waals surface area contributed by atoms with E-state index >= 15 is 0 Å². The number of aryl methyl sites for hydroxylation is 2. The molecule has 0 unspecified atom stereocenters. The van der Waals surface area contributed by atoms with Gasteiger partial charge in [0, 0.05) is 30.1 Å². The van der Waals surface area contributed by atoms with E-state index in [2.05, 4.69) is 29.1 Å². The van der Waals surface area contributed by atoms with Gasteiger partial charge in [0.2, 0.25) is 0 Å². The molecular weight excluding hydrogens is 344 g/mol. The summed E-state index contributed by atoms with van der Waals surface area (Å²) in [4.78, 5) is 25.3. The van der Waals surface area contributed by atoms with E-state index in [4.69, 9.17) is 0 Å². The Labute approximate surface area is 158 Å². The van der Waals surface area contributed by atoms with E-state index < -0.39 is 0 Å². The number of carbonyl (C=O) groups excluding carboxylic acids is 1. The van der Waals surface area contributed by atoms with Gasteiger partial charge in [0.05, 0.1) is 5.39 Å². The summed E-state index contributed by atoms with van der Waals surface area (Å²) in [5.74, 6) is 0.941.